The Morgan fingerprint density at radius 2 is 2.03 bits per heavy atom. The van der Waals surface area contributed by atoms with Crippen LogP contribution in [0.1, 0.15) is 48.7 Å². The highest BCUT2D eigenvalue weighted by molar-refractivity contribution is 5.96. The van der Waals surface area contributed by atoms with Gasteiger partial charge in [-0.15, -0.1) is 0 Å². The zero-order valence-corrected chi connectivity index (χ0v) is 17.4. The van der Waals surface area contributed by atoms with Crippen molar-refractivity contribution in [3.63, 3.8) is 0 Å². The number of nitrogens with two attached hydrogens (primary N) is 1. The summed E-state index contributed by atoms with van der Waals surface area (Å²) >= 11 is 0. The van der Waals surface area contributed by atoms with Crippen LogP contribution in [-0.2, 0) is 4.79 Å². The molecule has 158 valence electrons. The van der Waals surface area contributed by atoms with Gasteiger partial charge in [-0.1, -0.05) is 32.6 Å². The third-order valence-electron chi connectivity index (χ3n) is 5.11. The molecule has 2 aromatic rings. The van der Waals surface area contributed by atoms with Crippen LogP contribution in [0.2, 0.25) is 0 Å². The van der Waals surface area contributed by atoms with E-state index >= 15 is 0 Å². The van der Waals surface area contributed by atoms with Gasteiger partial charge in [-0.3, -0.25) is 9.59 Å². The van der Waals surface area contributed by atoms with E-state index in [0.29, 0.717) is 30.6 Å². The van der Waals surface area contributed by atoms with E-state index in [1.807, 2.05) is 24.3 Å². The standard InChI is InChI=1S/C22H28N6O2/c1-4-19(29)28-11-5-6-17(13-28)25-18-12-24-20(21(23)30)22(27-18)26-16-9-7-15(8-10-16)14(2)3/h4,7-10,12,14,17H,1,5-6,11,13H2,2-3H3,(H2,23,30)(H2,25,26,27). The zero-order chi connectivity index (χ0) is 21.7. The van der Waals surface area contributed by atoms with E-state index in [4.69, 9.17) is 5.73 Å². The molecule has 0 spiro atoms. The van der Waals surface area contributed by atoms with E-state index in [9.17, 15) is 9.59 Å². The van der Waals surface area contributed by atoms with Gasteiger partial charge in [0.1, 0.15) is 5.82 Å². The van der Waals surface area contributed by atoms with Crippen molar-refractivity contribution in [2.75, 3.05) is 23.7 Å². The maximum absolute atomic E-state index is 11.9. The van der Waals surface area contributed by atoms with Crippen molar-refractivity contribution in [2.24, 2.45) is 5.73 Å². The van der Waals surface area contributed by atoms with Gasteiger partial charge < -0.3 is 21.3 Å². The summed E-state index contributed by atoms with van der Waals surface area (Å²) in [6, 6.07) is 7.96. The molecule has 2 heterocycles. The molecule has 30 heavy (non-hydrogen) atoms. The predicted octanol–water partition coefficient (Wildman–Crippen LogP) is 3.03. The van der Waals surface area contributed by atoms with Gasteiger partial charge in [0.15, 0.2) is 11.5 Å². The first kappa shape index (κ1) is 21.3. The van der Waals surface area contributed by atoms with Crippen molar-refractivity contribution < 1.29 is 9.59 Å². The van der Waals surface area contributed by atoms with Gasteiger partial charge in [-0.2, -0.15) is 0 Å². The molecule has 0 aliphatic carbocycles. The lowest BCUT2D eigenvalue weighted by Crippen LogP contribution is -2.44. The average Bonchev–Trinajstić information content (AvgIpc) is 2.73. The first-order chi connectivity index (χ1) is 14.4. The van der Waals surface area contributed by atoms with E-state index < -0.39 is 5.91 Å². The average molecular weight is 409 g/mol. The molecule has 1 aliphatic heterocycles. The summed E-state index contributed by atoms with van der Waals surface area (Å²) in [5, 5.41) is 6.45. The minimum absolute atomic E-state index is 0.0366. The summed E-state index contributed by atoms with van der Waals surface area (Å²) in [4.78, 5) is 34.2. The summed E-state index contributed by atoms with van der Waals surface area (Å²) < 4.78 is 0. The number of benzene rings is 1. The lowest BCUT2D eigenvalue weighted by molar-refractivity contribution is -0.127. The second kappa shape index (κ2) is 9.39. The second-order valence-electron chi connectivity index (χ2n) is 7.69. The molecule has 1 aromatic heterocycles. The summed E-state index contributed by atoms with van der Waals surface area (Å²) in [5.74, 6) is 0.494. The molecule has 8 nitrogen and oxygen atoms in total. The molecule has 0 saturated carbocycles. The summed E-state index contributed by atoms with van der Waals surface area (Å²) in [6.45, 7) is 9.08. The number of nitrogens with zero attached hydrogens (tertiary/aromatic N) is 3. The molecule has 4 N–H and O–H groups in total. The molecule has 1 atom stereocenters. The predicted molar refractivity (Wildman–Crippen MR) is 118 cm³/mol. The van der Waals surface area contributed by atoms with Crippen LogP contribution >= 0.6 is 0 Å². The van der Waals surface area contributed by atoms with Crippen LogP contribution in [0.15, 0.2) is 43.1 Å². The van der Waals surface area contributed by atoms with Crippen molar-refractivity contribution in [2.45, 2.75) is 38.6 Å². The molecular formula is C22H28N6O2. The molecule has 8 heteroatoms. The van der Waals surface area contributed by atoms with Gasteiger partial charge in [-0.25, -0.2) is 9.97 Å². The first-order valence-electron chi connectivity index (χ1n) is 10.1. The Kier molecular flexibility index (Phi) is 6.66. The molecule has 1 aliphatic rings. The highest BCUT2D eigenvalue weighted by Crippen LogP contribution is 2.23. The number of amides is 2. The van der Waals surface area contributed by atoms with Gasteiger partial charge in [0, 0.05) is 24.8 Å². The largest absolute Gasteiger partial charge is 0.364 e. The Labute approximate surface area is 176 Å². The fourth-order valence-corrected chi connectivity index (χ4v) is 3.45. The highest BCUT2D eigenvalue weighted by Gasteiger charge is 2.23. The molecular weight excluding hydrogens is 380 g/mol. The molecule has 0 bridgehead atoms. The van der Waals surface area contributed by atoms with Crippen LogP contribution in [0.25, 0.3) is 0 Å². The number of primary amides is 1. The number of carbonyl (C=O) groups excluding carboxylic acids is 2. The second-order valence-corrected chi connectivity index (χ2v) is 7.69. The normalized spacial score (nSPS) is 16.2. The number of rotatable bonds is 7. The van der Waals surface area contributed by atoms with E-state index in [1.165, 1.54) is 17.8 Å². The molecule has 1 unspecified atom stereocenters. The number of nitrogens with one attached hydrogen (secondary N) is 2. The van der Waals surface area contributed by atoms with Gasteiger partial charge >= 0.3 is 0 Å². The Morgan fingerprint density at radius 1 is 1.30 bits per heavy atom. The first-order valence-corrected chi connectivity index (χ1v) is 10.1. The Morgan fingerprint density at radius 3 is 2.67 bits per heavy atom. The third-order valence-corrected chi connectivity index (χ3v) is 5.11. The molecule has 0 radical (unpaired) electrons. The molecule has 3 rings (SSSR count). The number of hydrogen-bond acceptors (Lipinski definition) is 6. The third kappa shape index (κ3) is 5.14. The minimum Gasteiger partial charge on any atom is -0.364 e. The number of anilines is 3. The highest BCUT2D eigenvalue weighted by atomic mass is 16.2. The Balaban J connectivity index is 1.78. The van der Waals surface area contributed by atoms with Crippen molar-refractivity contribution in [1.29, 1.82) is 0 Å². The van der Waals surface area contributed by atoms with Gasteiger partial charge in [0.2, 0.25) is 5.91 Å². The monoisotopic (exact) mass is 408 g/mol. The van der Waals surface area contributed by atoms with Crippen LogP contribution in [0.5, 0.6) is 0 Å². The van der Waals surface area contributed by atoms with Crippen LogP contribution in [-0.4, -0.2) is 45.8 Å². The smallest absolute Gasteiger partial charge is 0.271 e. The number of hydrogen-bond donors (Lipinski definition) is 3. The molecule has 2 amide bonds. The summed E-state index contributed by atoms with van der Waals surface area (Å²) in [6.07, 6.45) is 4.61. The zero-order valence-electron chi connectivity index (χ0n) is 17.4. The van der Waals surface area contributed by atoms with E-state index in [1.54, 1.807) is 4.90 Å². The maximum atomic E-state index is 11.9. The fourth-order valence-electron chi connectivity index (χ4n) is 3.45. The molecule has 1 aromatic carbocycles. The number of likely N-dealkylation sites (tertiary alicyclic amines) is 1. The summed E-state index contributed by atoms with van der Waals surface area (Å²) in [7, 11) is 0. The molecule has 1 saturated heterocycles. The van der Waals surface area contributed by atoms with Crippen LogP contribution in [0.3, 0.4) is 0 Å². The van der Waals surface area contributed by atoms with Crippen molar-refractivity contribution in [3.8, 4) is 0 Å². The topological polar surface area (TPSA) is 113 Å². The minimum atomic E-state index is -0.657. The number of piperidine rings is 1. The Bertz CT molecular complexity index is 926. The lowest BCUT2D eigenvalue weighted by Gasteiger charge is -2.32. The molecule has 1 fully saturated rings. The fraction of sp³-hybridized carbons (Fsp3) is 0.364. The van der Waals surface area contributed by atoms with Gasteiger partial charge in [0.05, 0.1) is 6.20 Å². The van der Waals surface area contributed by atoms with Crippen molar-refractivity contribution in [3.05, 3.63) is 54.4 Å². The van der Waals surface area contributed by atoms with E-state index in [0.717, 1.165) is 18.5 Å². The SMILES string of the molecule is C=CC(=O)N1CCCC(Nc2cnc(C(N)=O)c(Nc3ccc(C(C)C)cc3)n2)C1. The van der Waals surface area contributed by atoms with Crippen molar-refractivity contribution in [1.82, 2.24) is 14.9 Å². The number of carbonyl (C=O) groups is 2. The van der Waals surface area contributed by atoms with Gasteiger partial charge in [-0.05, 0) is 42.5 Å². The maximum Gasteiger partial charge on any atom is 0.271 e. The van der Waals surface area contributed by atoms with Crippen LogP contribution < -0.4 is 16.4 Å². The quantitative estimate of drug-likeness (QED) is 0.607. The lowest BCUT2D eigenvalue weighted by atomic mass is 10.0. The number of aromatic nitrogens is 2. The Hall–Kier alpha value is -3.42. The van der Waals surface area contributed by atoms with E-state index in [2.05, 4.69) is 41.0 Å². The summed E-state index contributed by atoms with van der Waals surface area (Å²) in [5.41, 5.74) is 7.55. The van der Waals surface area contributed by atoms with Gasteiger partial charge in [0.25, 0.3) is 5.91 Å². The van der Waals surface area contributed by atoms with Crippen LogP contribution in [0, 0.1) is 0 Å². The van der Waals surface area contributed by atoms with E-state index in [-0.39, 0.29) is 17.6 Å². The van der Waals surface area contributed by atoms with Crippen LogP contribution in [0.4, 0.5) is 17.3 Å². The van der Waals surface area contributed by atoms with Crippen molar-refractivity contribution >= 4 is 29.1 Å².